The van der Waals surface area contributed by atoms with Crippen molar-refractivity contribution in [3.05, 3.63) is 35.9 Å². The third-order valence-electron chi connectivity index (χ3n) is 6.49. The molecule has 2 aliphatic heterocycles. The molecule has 1 aromatic rings. The predicted octanol–water partition coefficient (Wildman–Crippen LogP) is 4.93. The van der Waals surface area contributed by atoms with E-state index in [0.717, 1.165) is 30.7 Å². The first-order chi connectivity index (χ1) is 13.8. The minimum atomic E-state index is -0.585. The van der Waals surface area contributed by atoms with E-state index in [9.17, 15) is 9.59 Å². The Hall–Kier alpha value is -2.04. The van der Waals surface area contributed by atoms with Crippen LogP contribution in [0.2, 0.25) is 0 Å². The Balaban J connectivity index is 1.51. The first-order valence-electron chi connectivity index (χ1n) is 11.0. The molecule has 1 aromatic carbocycles. The smallest absolute Gasteiger partial charge is 0.411 e. The Kier molecular flexibility index (Phi) is 5.58. The van der Waals surface area contributed by atoms with E-state index in [1.54, 1.807) is 4.90 Å². The summed E-state index contributed by atoms with van der Waals surface area (Å²) in [6.07, 6.45) is 6.39. The topological polar surface area (TPSA) is 55.8 Å². The number of nitrogens with zero attached hydrogens (tertiary/aromatic N) is 1. The maximum absolute atomic E-state index is 13.1. The second-order valence-corrected chi connectivity index (χ2v) is 10.0. The van der Waals surface area contributed by atoms with Crippen LogP contribution in [0, 0.1) is 17.8 Å². The standard InChI is InChI=1S/C24H33NO4/c1-24(2,3)29-23(27)25-20-12-11-18(14-19(20)13-16-9-10-16)21(25)22(26)28-15-17-7-5-4-6-8-17/h4-8,16,18-21H,9-15H2,1-3H3/t18-,19+,20+,21+/m1/s1. The SMILES string of the molecule is CC(C)(C)OC(=O)N1[C@H](C(=O)OCc2ccccc2)[C@@H]2CC[C@H]1[C@@H](CC1CC1)C2. The number of piperidine rings is 2. The minimum absolute atomic E-state index is 0.0877. The van der Waals surface area contributed by atoms with Crippen molar-refractivity contribution in [2.45, 2.75) is 83.6 Å². The fraction of sp³-hybridized carbons (Fsp3) is 0.667. The van der Waals surface area contributed by atoms with E-state index in [0.29, 0.717) is 5.92 Å². The van der Waals surface area contributed by atoms with Crippen LogP contribution in [0.3, 0.4) is 0 Å². The fourth-order valence-electron chi connectivity index (χ4n) is 5.09. The highest BCUT2D eigenvalue weighted by Gasteiger charge is 2.54. The summed E-state index contributed by atoms with van der Waals surface area (Å²) in [5, 5.41) is 0. The molecule has 2 saturated carbocycles. The number of hydrogen-bond donors (Lipinski definition) is 0. The van der Waals surface area contributed by atoms with Crippen molar-refractivity contribution < 1.29 is 19.1 Å². The zero-order chi connectivity index (χ0) is 20.6. The van der Waals surface area contributed by atoms with Gasteiger partial charge in [-0.25, -0.2) is 9.59 Å². The quantitative estimate of drug-likeness (QED) is 0.659. The lowest BCUT2D eigenvalue weighted by molar-refractivity contribution is -0.163. The van der Waals surface area contributed by atoms with Gasteiger partial charge in [0.05, 0.1) is 0 Å². The van der Waals surface area contributed by atoms with Crippen LogP contribution in [0.1, 0.15) is 64.9 Å². The summed E-state index contributed by atoms with van der Waals surface area (Å²) in [5.41, 5.74) is 0.371. The molecule has 5 heteroatoms. The molecule has 1 amide bonds. The normalized spacial score (nSPS) is 28.9. The van der Waals surface area contributed by atoms with Gasteiger partial charge >= 0.3 is 12.1 Å². The number of benzene rings is 1. The van der Waals surface area contributed by atoms with Crippen molar-refractivity contribution in [2.75, 3.05) is 0 Å². The Morgan fingerprint density at radius 1 is 1.07 bits per heavy atom. The van der Waals surface area contributed by atoms with E-state index < -0.39 is 11.6 Å². The van der Waals surface area contributed by atoms with Gasteiger partial charge in [0.25, 0.3) is 0 Å². The highest BCUT2D eigenvalue weighted by molar-refractivity contribution is 5.83. The van der Waals surface area contributed by atoms with E-state index in [2.05, 4.69) is 0 Å². The van der Waals surface area contributed by atoms with Gasteiger partial charge in [0.1, 0.15) is 18.2 Å². The van der Waals surface area contributed by atoms with E-state index in [4.69, 9.17) is 9.47 Å². The average molecular weight is 400 g/mol. The number of fused-ring (bicyclic) bond motifs is 3. The number of ether oxygens (including phenoxy) is 2. The summed E-state index contributed by atoms with van der Waals surface area (Å²) in [4.78, 5) is 28.0. The third kappa shape index (κ3) is 4.76. The Morgan fingerprint density at radius 3 is 2.45 bits per heavy atom. The molecule has 0 N–H and O–H groups in total. The van der Waals surface area contributed by atoms with Crippen LogP contribution < -0.4 is 0 Å². The van der Waals surface area contributed by atoms with Crippen molar-refractivity contribution in [3.63, 3.8) is 0 Å². The van der Waals surface area contributed by atoms with Crippen LogP contribution >= 0.6 is 0 Å². The summed E-state index contributed by atoms with van der Waals surface area (Å²) >= 11 is 0. The van der Waals surface area contributed by atoms with Gasteiger partial charge in [-0.3, -0.25) is 4.90 Å². The van der Waals surface area contributed by atoms with Gasteiger partial charge in [-0.1, -0.05) is 43.2 Å². The van der Waals surface area contributed by atoms with Crippen molar-refractivity contribution in [3.8, 4) is 0 Å². The van der Waals surface area contributed by atoms with Crippen LogP contribution in [-0.2, 0) is 20.9 Å². The number of amides is 1. The zero-order valence-electron chi connectivity index (χ0n) is 17.8. The molecular weight excluding hydrogens is 366 g/mol. The molecule has 2 heterocycles. The first kappa shape index (κ1) is 20.2. The molecule has 2 bridgehead atoms. The van der Waals surface area contributed by atoms with Crippen molar-refractivity contribution >= 4 is 12.1 Å². The molecule has 29 heavy (non-hydrogen) atoms. The fourth-order valence-corrected chi connectivity index (χ4v) is 5.09. The van der Waals surface area contributed by atoms with Gasteiger partial charge in [0.15, 0.2) is 0 Å². The summed E-state index contributed by atoms with van der Waals surface area (Å²) in [7, 11) is 0. The predicted molar refractivity (Wildman–Crippen MR) is 110 cm³/mol. The highest BCUT2D eigenvalue weighted by Crippen LogP contribution is 2.49. The van der Waals surface area contributed by atoms with Gasteiger partial charge in [-0.15, -0.1) is 0 Å². The van der Waals surface area contributed by atoms with Gasteiger partial charge in [-0.05, 0) is 69.8 Å². The molecule has 0 spiro atoms. The zero-order valence-corrected chi connectivity index (χ0v) is 17.8. The molecule has 4 atom stereocenters. The van der Waals surface area contributed by atoms with E-state index >= 15 is 0 Å². The second kappa shape index (κ2) is 8.00. The molecule has 2 aliphatic carbocycles. The van der Waals surface area contributed by atoms with Crippen molar-refractivity contribution in [2.24, 2.45) is 17.8 Å². The monoisotopic (exact) mass is 399 g/mol. The lowest BCUT2D eigenvalue weighted by atomic mass is 9.67. The Labute approximate surface area is 173 Å². The van der Waals surface area contributed by atoms with Crippen molar-refractivity contribution in [1.82, 2.24) is 4.90 Å². The third-order valence-corrected chi connectivity index (χ3v) is 6.49. The molecule has 2 saturated heterocycles. The van der Waals surface area contributed by atoms with Crippen molar-refractivity contribution in [1.29, 1.82) is 0 Å². The molecule has 4 fully saturated rings. The molecular formula is C24H33NO4. The number of esters is 1. The van der Waals surface area contributed by atoms with Gasteiger partial charge < -0.3 is 9.47 Å². The maximum Gasteiger partial charge on any atom is 0.411 e. The van der Waals surface area contributed by atoms with E-state index in [1.165, 1.54) is 19.3 Å². The molecule has 4 aliphatic rings. The molecule has 0 radical (unpaired) electrons. The van der Waals surface area contributed by atoms with Crippen LogP contribution in [0.4, 0.5) is 4.79 Å². The molecule has 5 nitrogen and oxygen atoms in total. The molecule has 0 aromatic heterocycles. The molecule has 158 valence electrons. The van der Waals surface area contributed by atoms with E-state index in [1.807, 2.05) is 51.1 Å². The maximum atomic E-state index is 13.1. The van der Waals surface area contributed by atoms with Crippen LogP contribution in [-0.4, -0.2) is 34.6 Å². The summed E-state index contributed by atoms with van der Waals surface area (Å²) < 4.78 is 11.4. The number of carbonyl (C=O) groups is 2. The van der Waals surface area contributed by atoms with Crippen LogP contribution in [0.15, 0.2) is 30.3 Å². The lowest BCUT2D eigenvalue weighted by Gasteiger charge is -2.53. The molecule has 5 rings (SSSR count). The van der Waals surface area contributed by atoms with Crippen LogP contribution in [0.5, 0.6) is 0 Å². The summed E-state index contributed by atoms with van der Waals surface area (Å²) in [6.45, 7) is 5.85. The minimum Gasteiger partial charge on any atom is -0.459 e. The highest BCUT2D eigenvalue weighted by atomic mass is 16.6. The number of rotatable bonds is 5. The first-order valence-corrected chi connectivity index (χ1v) is 11.0. The largest absolute Gasteiger partial charge is 0.459 e. The average Bonchev–Trinajstić information content (AvgIpc) is 3.49. The van der Waals surface area contributed by atoms with Crippen LogP contribution in [0.25, 0.3) is 0 Å². The Bertz CT molecular complexity index is 737. The summed E-state index contributed by atoms with van der Waals surface area (Å²) in [6, 6.07) is 9.25. The van der Waals surface area contributed by atoms with Gasteiger partial charge in [0.2, 0.25) is 0 Å². The van der Waals surface area contributed by atoms with Gasteiger partial charge in [0, 0.05) is 6.04 Å². The van der Waals surface area contributed by atoms with Gasteiger partial charge in [-0.2, -0.15) is 0 Å². The lowest BCUT2D eigenvalue weighted by Crippen LogP contribution is -2.64. The second-order valence-electron chi connectivity index (χ2n) is 10.0. The number of hydrogen-bond acceptors (Lipinski definition) is 4. The Morgan fingerprint density at radius 2 is 1.79 bits per heavy atom. The van der Waals surface area contributed by atoms with E-state index in [-0.39, 0.29) is 30.6 Å². The number of carbonyl (C=O) groups excluding carboxylic acids is 2. The molecule has 0 unspecified atom stereocenters. The summed E-state index contributed by atoms with van der Waals surface area (Å²) in [5.74, 6) is 1.16.